The fourth-order valence-corrected chi connectivity index (χ4v) is 4.17. The first-order valence-corrected chi connectivity index (χ1v) is 7.84. The standard InChI is InChI=1S/C12H18FN3O2S/c13-11-6-3-8-15-12(11)19(17,18)16(9-7-14)10-4-1-2-5-10/h3,6,8,10H,1-2,4-5,7,9,14H2. The second-order valence-corrected chi connectivity index (χ2v) is 6.44. The normalized spacial score (nSPS) is 17.2. The Labute approximate surface area is 112 Å². The van der Waals surface area contributed by atoms with Crippen LogP contribution in [0.1, 0.15) is 25.7 Å². The Morgan fingerprint density at radius 3 is 2.68 bits per heavy atom. The maximum absolute atomic E-state index is 13.7. The lowest BCUT2D eigenvalue weighted by Gasteiger charge is -2.27. The number of nitrogens with zero attached hydrogens (tertiary/aromatic N) is 2. The molecule has 2 rings (SSSR count). The van der Waals surface area contributed by atoms with Gasteiger partial charge in [-0.05, 0) is 25.0 Å². The fourth-order valence-electron chi connectivity index (χ4n) is 2.49. The molecule has 0 atom stereocenters. The number of pyridine rings is 1. The van der Waals surface area contributed by atoms with Crippen LogP contribution in [-0.4, -0.2) is 36.8 Å². The summed E-state index contributed by atoms with van der Waals surface area (Å²) >= 11 is 0. The average molecular weight is 287 g/mol. The monoisotopic (exact) mass is 287 g/mol. The Morgan fingerprint density at radius 2 is 2.11 bits per heavy atom. The molecule has 1 heterocycles. The van der Waals surface area contributed by atoms with Gasteiger partial charge >= 0.3 is 0 Å². The van der Waals surface area contributed by atoms with Crippen LogP contribution in [0.3, 0.4) is 0 Å². The molecular weight excluding hydrogens is 269 g/mol. The molecule has 1 aromatic heterocycles. The highest BCUT2D eigenvalue weighted by Gasteiger charge is 2.35. The summed E-state index contributed by atoms with van der Waals surface area (Å²) in [7, 11) is -3.91. The van der Waals surface area contributed by atoms with Crippen LogP contribution in [0.2, 0.25) is 0 Å². The van der Waals surface area contributed by atoms with Crippen LogP contribution in [0.15, 0.2) is 23.4 Å². The first-order chi connectivity index (χ1) is 9.07. The molecule has 1 fully saturated rings. The van der Waals surface area contributed by atoms with E-state index in [2.05, 4.69) is 4.98 Å². The molecule has 0 saturated heterocycles. The maximum atomic E-state index is 13.7. The van der Waals surface area contributed by atoms with Gasteiger partial charge in [-0.25, -0.2) is 17.8 Å². The van der Waals surface area contributed by atoms with Gasteiger partial charge in [-0.1, -0.05) is 12.8 Å². The summed E-state index contributed by atoms with van der Waals surface area (Å²) in [5.74, 6) is -0.817. The van der Waals surface area contributed by atoms with E-state index in [9.17, 15) is 12.8 Å². The lowest BCUT2D eigenvalue weighted by molar-refractivity contribution is 0.325. The number of nitrogens with two attached hydrogens (primary N) is 1. The smallest absolute Gasteiger partial charge is 0.263 e. The van der Waals surface area contributed by atoms with Crippen molar-refractivity contribution in [2.24, 2.45) is 5.73 Å². The predicted octanol–water partition coefficient (Wildman–Crippen LogP) is 1.11. The summed E-state index contributed by atoms with van der Waals surface area (Å²) in [6.07, 6.45) is 4.87. The largest absolute Gasteiger partial charge is 0.329 e. The number of aromatic nitrogens is 1. The highest BCUT2D eigenvalue weighted by atomic mass is 32.2. The third kappa shape index (κ3) is 2.93. The van der Waals surface area contributed by atoms with E-state index in [-0.39, 0.29) is 19.1 Å². The summed E-state index contributed by atoms with van der Waals surface area (Å²) < 4.78 is 40.0. The van der Waals surface area contributed by atoms with Gasteiger partial charge in [0.25, 0.3) is 10.0 Å². The maximum Gasteiger partial charge on any atom is 0.263 e. The van der Waals surface area contributed by atoms with E-state index in [1.165, 1.54) is 16.6 Å². The van der Waals surface area contributed by atoms with Gasteiger partial charge < -0.3 is 5.73 Å². The summed E-state index contributed by atoms with van der Waals surface area (Å²) in [4.78, 5) is 3.68. The van der Waals surface area contributed by atoms with Crippen LogP contribution in [0.5, 0.6) is 0 Å². The minimum Gasteiger partial charge on any atom is -0.329 e. The highest BCUT2D eigenvalue weighted by molar-refractivity contribution is 7.89. The van der Waals surface area contributed by atoms with E-state index < -0.39 is 20.9 Å². The molecule has 0 aliphatic heterocycles. The average Bonchev–Trinajstić information content (AvgIpc) is 2.89. The van der Waals surface area contributed by atoms with E-state index in [1.807, 2.05) is 0 Å². The van der Waals surface area contributed by atoms with Crippen molar-refractivity contribution in [1.82, 2.24) is 9.29 Å². The zero-order chi connectivity index (χ0) is 13.9. The van der Waals surface area contributed by atoms with Crippen molar-refractivity contribution in [2.75, 3.05) is 13.1 Å². The molecule has 1 aromatic rings. The first kappa shape index (κ1) is 14.4. The van der Waals surface area contributed by atoms with Crippen molar-refractivity contribution in [2.45, 2.75) is 36.8 Å². The van der Waals surface area contributed by atoms with E-state index in [1.54, 1.807) is 0 Å². The zero-order valence-corrected chi connectivity index (χ0v) is 11.4. The fraction of sp³-hybridized carbons (Fsp3) is 0.583. The molecule has 1 saturated carbocycles. The summed E-state index contributed by atoms with van der Waals surface area (Å²) in [5.41, 5.74) is 5.49. The summed E-state index contributed by atoms with van der Waals surface area (Å²) in [6.45, 7) is 0.410. The van der Waals surface area contributed by atoms with Gasteiger partial charge in [0, 0.05) is 25.3 Å². The van der Waals surface area contributed by atoms with Gasteiger partial charge in [0.2, 0.25) is 5.03 Å². The van der Waals surface area contributed by atoms with Gasteiger partial charge in [-0.15, -0.1) is 0 Å². The van der Waals surface area contributed by atoms with Crippen LogP contribution in [0.25, 0.3) is 0 Å². The van der Waals surface area contributed by atoms with Gasteiger partial charge in [-0.2, -0.15) is 4.31 Å². The number of rotatable bonds is 5. The van der Waals surface area contributed by atoms with Crippen LogP contribution in [0.4, 0.5) is 4.39 Å². The second kappa shape index (κ2) is 5.94. The van der Waals surface area contributed by atoms with E-state index in [4.69, 9.17) is 5.73 Å². The molecule has 0 unspecified atom stereocenters. The molecule has 1 aliphatic rings. The van der Waals surface area contributed by atoms with Gasteiger partial charge in [0.1, 0.15) is 0 Å². The Morgan fingerprint density at radius 1 is 1.42 bits per heavy atom. The predicted molar refractivity (Wildman–Crippen MR) is 69.4 cm³/mol. The van der Waals surface area contributed by atoms with E-state index in [0.29, 0.717) is 0 Å². The van der Waals surface area contributed by atoms with Crippen LogP contribution >= 0.6 is 0 Å². The highest BCUT2D eigenvalue weighted by Crippen LogP contribution is 2.28. The minimum atomic E-state index is -3.91. The van der Waals surface area contributed by atoms with Crippen molar-refractivity contribution in [3.05, 3.63) is 24.1 Å². The SMILES string of the molecule is NCCN(C1CCCC1)S(=O)(=O)c1ncccc1F. The summed E-state index contributed by atoms with van der Waals surface area (Å²) in [5, 5.41) is -0.504. The molecule has 0 spiro atoms. The molecular formula is C12H18FN3O2S. The third-order valence-electron chi connectivity index (χ3n) is 3.36. The number of hydrogen-bond donors (Lipinski definition) is 1. The Bertz CT molecular complexity index is 530. The second-order valence-electron chi connectivity index (χ2n) is 4.63. The number of halogens is 1. The Balaban J connectivity index is 2.36. The van der Waals surface area contributed by atoms with Gasteiger partial charge in [0.15, 0.2) is 5.82 Å². The Hall–Kier alpha value is -1.05. The molecule has 0 aromatic carbocycles. The van der Waals surface area contributed by atoms with Crippen molar-refractivity contribution in [3.63, 3.8) is 0 Å². The van der Waals surface area contributed by atoms with Crippen molar-refractivity contribution >= 4 is 10.0 Å². The topological polar surface area (TPSA) is 76.3 Å². The van der Waals surface area contributed by atoms with Gasteiger partial charge in [-0.3, -0.25) is 0 Å². The lowest BCUT2D eigenvalue weighted by Crippen LogP contribution is -2.42. The molecule has 0 amide bonds. The minimum absolute atomic E-state index is 0.0880. The molecule has 1 aliphatic carbocycles. The van der Waals surface area contributed by atoms with Crippen LogP contribution in [0, 0.1) is 5.82 Å². The van der Waals surface area contributed by atoms with E-state index >= 15 is 0 Å². The van der Waals surface area contributed by atoms with E-state index in [0.717, 1.165) is 31.7 Å². The van der Waals surface area contributed by atoms with Crippen molar-refractivity contribution in [1.29, 1.82) is 0 Å². The first-order valence-electron chi connectivity index (χ1n) is 6.40. The Kier molecular flexibility index (Phi) is 4.49. The molecule has 5 nitrogen and oxygen atoms in total. The third-order valence-corrected chi connectivity index (χ3v) is 5.25. The molecule has 106 valence electrons. The number of sulfonamides is 1. The molecule has 2 N–H and O–H groups in total. The lowest BCUT2D eigenvalue weighted by atomic mass is 10.2. The number of hydrogen-bond acceptors (Lipinski definition) is 4. The van der Waals surface area contributed by atoms with Crippen molar-refractivity contribution < 1.29 is 12.8 Å². The van der Waals surface area contributed by atoms with Crippen LogP contribution < -0.4 is 5.73 Å². The van der Waals surface area contributed by atoms with Crippen LogP contribution in [-0.2, 0) is 10.0 Å². The molecule has 0 radical (unpaired) electrons. The van der Waals surface area contributed by atoms with Gasteiger partial charge in [0.05, 0.1) is 0 Å². The summed E-state index contributed by atoms with van der Waals surface area (Å²) in [6, 6.07) is 2.39. The molecule has 7 heteroatoms. The molecule has 0 bridgehead atoms. The van der Waals surface area contributed by atoms with Crippen molar-refractivity contribution in [3.8, 4) is 0 Å². The molecule has 19 heavy (non-hydrogen) atoms. The zero-order valence-electron chi connectivity index (χ0n) is 10.6. The quantitative estimate of drug-likeness (QED) is 0.880.